The van der Waals surface area contributed by atoms with Crippen molar-refractivity contribution in [2.75, 3.05) is 13.7 Å². The van der Waals surface area contributed by atoms with Crippen molar-refractivity contribution < 1.29 is 23.0 Å². The zero-order valence-electron chi connectivity index (χ0n) is 13.5. The van der Waals surface area contributed by atoms with Crippen LogP contribution in [0.3, 0.4) is 0 Å². The summed E-state index contributed by atoms with van der Waals surface area (Å²) < 4.78 is 44.7. The van der Waals surface area contributed by atoms with Crippen LogP contribution < -0.4 is 4.74 Å². The third-order valence-electron chi connectivity index (χ3n) is 4.26. The summed E-state index contributed by atoms with van der Waals surface area (Å²) in [5.74, 6) is 0.468. The van der Waals surface area contributed by atoms with Gasteiger partial charge in [0.1, 0.15) is 5.84 Å². The van der Waals surface area contributed by atoms with Gasteiger partial charge in [-0.25, -0.2) is 0 Å². The number of aromatic hydroxyl groups is 1. The molecule has 3 rings (SSSR count). The highest BCUT2D eigenvalue weighted by atomic mass is 35.5. The number of alkyl halides is 3. The molecule has 1 aromatic rings. The number of phenols is 1. The molecule has 1 aromatic carbocycles. The van der Waals surface area contributed by atoms with Crippen molar-refractivity contribution in [1.82, 2.24) is 4.90 Å². The maximum absolute atomic E-state index is 13.2. The van der Waals surface area contributed by atoms with E-state index in [0.29, 0.717) is 17.9 Å². The number of nitrogens with zero attached hydrogens (tertiary/aromatic N) is 2. The molecule has 0 radical (unpaired) electrons. The summed E-state index contributed by atoms with van der Waals surface area (Å²) in [5.41, 5.74) is -0.125. The average Bonchev–Trinajstić information content (AvgIpc) is 2.54. The predicted molar refractivity (Wildman–Crippen MR) is 88.8 cm³/mol. The predicted octanol–water partition coefficient (Wildman–Crippen LogP) is 4.37. The molecule has 2 heterocycles. The van der Waals surface area contributed by atoms with Gasteiger partial charge in [-0.2, -0.15) is 13.2 Å². The topological polar surface area (TPSA) is 45.1 Å². The molecule has 1 N–H and O–H groups in total. The lowest BCUT2D eigenvalue weighted by atomic mass is 9.90. The van der Waals surface area contributed by atoms with Crippen LogP contribution >= 0.6 is 11.6 Å². The number of hydrogen-bond acceptors (Lipinski definition) is 4. The van der Waals surface area contributed by atoms with Crippen molar-refractivity contribution in [1.29, 1.82) is 0 Å². The maximum atomic E-state index is 13.2. The maximum Gasteiger partial charge on any atom is 0.417 e. The van der Waals surface area contributed by atoms with Crippen molar-refractivity contribution in [2.45, 2.75) is 19.1 Å². The molecule has 8 heteroatoms. The largest absolute Gasteiger partial charge is 0.504 e. The number of methoxy groups -OCH3 is 1. The Labute approximate surface area is 147 Å². The SMILES string of the molecule is COc1cc(C2C(C)CN=C3C(Cl)=CC(C(F)(F)F)=CN32)ccc1O. The molecule has 2 aliphatic rings. The van der Waals surface area contributed by atoms with Gasteiger partial charge in [-0.15, -0.1) is 0 Å². The third-order valence-corrected chi connectivity index (χ3v) is 4.54. The Morgan fingerprint density at radius 3 is 2.72 bits per heavy atom. The van der Waals surface area contributed by atoms with E-state index in [2.05, 4.69) is 4.99 Å². The smallest absolute Gasteiger partial charge is 0.417 e. The molecule has 0 aliphatic carbocycles. The van der Waals surface area contributed by atoms with Crippen LogP contribution in [-0.2, 0) is 0 Å². The summed E-state index contributed by atoms with van der Waals surface area (Å²) >= 11 is 6.06. The number of aliphatic imine (C=N–C) groups is 1. The Balaban J connectivity index is 2.09. The van der Waals surface area contributed by atoms with E-state index in [1.165, 1.54) is 18.1 Å². The molecule has 0 spiro atoms. The summed E-state index contributed by atoms with van der Waals surface area (Å²) in [7, 11) is 1.41. The number of halogens is 4. The van der Waals surface area contributed by atoms with Crippen LogP contribution in [0.1, 0.15) is 18.5 Å². The second-order valence-corrected chi connectivity index (χ2v) is 6.41. The molecule has 0 aromatic heterocycles. The summed E-state index contributed by atoms with van der Waals surface area (Å²) in [6.07, 6.45) is -2.59. The summed E-state index contributed by atoms with van der Waals surface area (Å²) in [4.78, 5) is 5.77. The first-order valence-corrected chi connectivity index (χ1v) is 7.96. The van der Waals surface area contributed by atoms with E-state index >= 15 is 0 Å². The molecule has 0 fully saturated rings. The Morgan fingerprint density at radius 1 is 1.36 bits per heavy atom. The highest BCUT2D eigenvalue weighted by molar-refractivity contribution is 6.43. The fourth-order valence-electron chi connectivity index (χ4n) is 3.07. The molecule has 0 saturated carbocycles. The van der Waals surface area contributed by atoms with Gasteiger partial charge in [-0.1, -0.05) is 24.6 Å². The quantitative estimate of drug-likeness (QED) is 0.838. The molecular weight excluding hydrogens is 357 g/mol. The van der Waals surface area contributed by atoms with Crippen LogP contribution in [0.25, 0.3) is 0 Å². The van der Waals surface area contributed by atoms with Gasteiger partial charge < -0.3 is 14.7 Å². The molecule has 0 saturated heterocycles. The number of hydrogen-bond donors (Lipinski definition) is 1. The van der Waals surface area contributed by atoms with Gasteiger partial charge in [-0.3, -0.25) is 4.99 Å². The molecule has 0 bridgehead atoms. The van der Waals surface area contributed by atoms with Crippen LogP contribution in [0.4, 0.5) is 13.2 Å². The Kier molecular flexibility index (Phi) is 4.45. The van der Waals surface area contributed by atoms with Gasteiger partial charge >= 0.3 is 6.18 Å². The standard InChI is InChI=1S/C17H16ClF3N2O2/c1-9-7-22-16-12(18)6-11(17(19,20)21)8-23(16)15(9)10-3-4-13(24)14(5-10)25-2/h3-6,8-9,15,24H,7H2,1-2H3. The normalized spacial score (nSPS) is 23.4. The Morgan fingerprint density at radius 2 is 2.08 bits per heavy atom. The van der Waals surface area contributed by atoms with Gasteiger partial charge in [0.05, 0.1) is 23.8 Å². The first kappa shape index (κ1) is 17.7. The third kappa shape index (κ3) is 3.20. The molecular formula is C17H16ClF3N2O2. The second kappa shape index (κ2) is 6.29. The number of rotatable bonds is 2. The number of amidine groups is 1. The molecule has 25 heavy (non-hydrogen) atoms. The van der Waals surface area contributed by atoms with Crippen molar-refractivity contribution in [3.63, 3.8) is 0 Å². The Hall–Kier alpha value is -2.15. The minimum atomic E-state index is -4.51. The molecule has 2 atom stereocenters. The van der Waals surface area contributed by atoms with E-state index in [-0.39, 0.29) is 22.4 Å². The van der Waals surface area contributed by atoms with E-state index in [4.69, 9.17) is 16.3 Å². The minimum Gasteiger partial charge on any atom is -0.504 e. The molecule has 134 valence electrons. The fraction of sp³-hybridized carbons (Fsp3) is 0.353. The summed E-state index contributed by atoms with van der Waals surface area (Å²) in [6.45, 7) is 2.33. The number of fused-ring (bicyclic) bond motifs is 1. The number of ether oxygens (including phenoxy) is 1. The average molecular weight is 373 g/mol. The van der Waals surface area contributed by atoms with Gasteiger partial charge in [0, 0.05) is 18.7 Å². The van der Waals surface area contributed by atoms with E-state index in [0.717, 1.165) is 12.3 Å². The monoisotopic (exact) mass is 372 g/mol. The van der Waals surface area contributed by atoms with E-state index < -0.39 is 17.8 Å². The van der Waals surface area contributed by atoms with Gasteiger partial charge in [0.15, 0.2) is 11.5 Å². The Bertz CT molecular complexity index is 787. The van der Waals surface area contributed by atoms with Crippen LogP contribution in [-0.4, -0.2) is 35.7 Å². The summed E-state index contributed by atoms with van der Waals surface area (Å²) in [5, 5.41) is 9.73. The van der Waals surface area contributed by atoms with Crippen LogP contribution in [0, 0.1) is 5.92 Å². The van der Waals surface area contributed by atoms with E-state index in [1.807, 2.05) is 6.92 Å². The lowest BCUT2D eigenvalue weighted by Gasteiger charge is -2.41. The first-order chi connectivity index (χ1) is 11.7. The first-order valence-electron chi connectivity index (χ1n) is 7.58. The van der Waals surface area contributed by atoms with Gasteiger partial charge in [-0.05, 0) is 23.8 Å². The lowest BCUT2D eigenvalue weighted by Crippen LogP contribution is -2.41. The highest BCUT2D eigenvalue weighted by Gasteiger charge is 2.40. The van der Waals surface area contributed by atoms with Gasteiger partial charge in [0.2, 0.25) is 0 Å². The van der Waals surface area contributed by atoms with Crippen molar-refractivity contribution in [2.24, 2.45) is 10.9 Å². The van der Waals surface area contributed by atoms with E-state index in [1.54, 1.807) is 12.1 Å². The highest BCUT2D eigenvalue weighted by Crippen LogP contribution is 2.42. The van der Waals surface area contributed by atoms with Crippen LogP contribution in [0.2, 0.25) is 0 Å². The number of phenolic OH excluding ortho intramolecular Hbond substituents is 1. The second-order valence-electron chi connectivity index (χ2n) is 6.00. The van der Waals surface area contributed by atoms with Crippen molar-refractivity contribution in [3.8, 4) is 11.5 Å². The van der Waals surface area contributed by atoms with Crippen LogP contribution in [0.5, 0.6) is 11.5 Å². The van der Waals surface area contributed by atoms with Gasteiger partial charge in [0.25, 0.3) is 0 Å². The lowest BCUT2D eigenvalue weighted by molar-refractivity contribution is -0.0894. The number of benzene rings is 1. The zero-order valence-corrected chi connectivity index (χ0v) is 14.3. The van der Waals surface area contributed by atoms with Crippen molar-refractivity contribution in [3.05, 3.63) is 46.6 Å². The molecule has 2 unspecified atom stereocenters. The summed E-state index contributed by atoms with van der Waals surface area (Å²) in [6, 6.07) is 4.33. The molecule has 4 nitrogen and oxygen atoms in total. The minimum absolute atomic E-state index is 0.0355. The number of allylic oxidation sites excluding steroid dienone is 2. The van der Waals surface area contributed by atoms with Crippen molar-refractivity contribution >= 4 is 17.4 Å². The van der Waals surface area contributed by atoms with E-state index in [9.17, 15) is 18.3 Å². The fourth-order valence-corrected chi connectivity index (χ4v) is 3.34. The molecule has 0 amide bonds. The molecule has 2 aliphatic heterocycles. The van der Waals surface area contributed by atoms with Crippen LogP contribution in [0.15, 0.2) is 46.1 Å². The zero-order chi connectivity index (χ0) is 18.4.